The third-order valence-electron chi connectivity index (χ3n) is 4.59. The number of hydrogen-bond donors (Lipinski definition) is 1. The molecule has 0 saturated carbocycles. The SMILES string of the molecule is CCCCOC(=O)c1ccc(NC(=O)CCC(C)N2CCOCC2)cc1.Cl. The van der Waals surface area contributed by atoms with Crippen molar-refractivity contribution in [3.05, 3.63) is 29.8 Å². The van der Waals surface area contributed by atoms with Crippen LogP contribution < -0.4 is 5.32 Å². The number of ether oxygens (including phenoxy) is 2. The summed E-state index contributed by atoms with van der Waals surface area (Å²) >= 11 is 0. The van der Waals surface area contributed by atoms with E-state index >= 15 is 0 Å². The van der Waals surface area contributed by atoms with Crippen LogP contribution in [0.15, 0.2) is 24.3 Å². The van der Waals surface area contributed by atoms with Gasteiger partial charge in [-0.05, 0) is 44.0 Å². The van der Waals surface area contributed by atoms with Crippen LogP contribution in [-0.2, 0) is 14.3 Å². The number of morpholine rings is 1. The average molecular weight is 399 g/mol. The molecule has 1 unspecified atom stereocenters. The number of unbranched alkanes of at least 4 members (excludes halogenated alkanes) is 1. The topological polar surface area (TPSA) is 67.9 Å². The number of carbonyl (C=O) groups is 2. The van der Waals surface area contributed by atoms with E-state index in [1.54, 1.807) is 24.3 Å². The molecule has 2 rings (SSSR count). The Balaban J connectivity index is 0.00000364. The molecular formula is C20H31ClN2O4. The zero-order valence-electron chi connectivity index (χ0n) is 16.2. The van der Waals surface area contributed by atoms with Gasteiger partial charge in [0.1, 0.15) is 0 Å². The van der Waals surface area contributed by atoms with Crippen molar-refractivity contribution < 1.29 is 19.1 Å². The van der Waals surface area contributed by atoms with Crippen molar-refractivity contribution in [1.29, 1.82) is 0 Å². The van der Waals surface area contributed by atoms with Gasteiger partial charge in [0, 0.05) is 31.2 Å². The Bertz CT molecular complexity index is 574. The molecular weight excluding hydrogens is 368 g/mol. The monoisotopic (exact) mass is 398 g/mol. The van der Waals surface area contributed by atoms with Crippen LogP contribution in [0.1, 0.15) is 49.9 Å². The number of rotatable bonds is 9. The van der Waals surface area contributed by atoms with Gasteiger partial charge in [0.15, 0.2) is 0 Å². The predicted molar refractivity (Wildman–Crippen MR) is 109 cm³/mol. The van der Waals surface area contributed by atoms with E-state index in [9.17, 15) is 9.59 Å². The summed E-state index contributed by atoms with van der Waals surface area (Å²) in [5.41, 5.74) is 1.19. The molecule has 27 heavy (non-hydrogen) atoms. The van der Waals surface area contributed by atoms with Gasteiger partial charge in [0.2, 0.25) is 5.91 Å². The van der Waals surface area contributed by atoms with Gasteiger partial charge in [-0.3, -0.25) is 9.69 Å². The summed E-state index contributed by atoms with van der Waals surface area (Å²) in [5.74, 6) is -0.334. The first-order valence-corrected chi connectivity index (χ1v) is 9.49. The highest BCUT2D eigenvalue weighted by atomic mass is 35.5. The lowest BCUT2D eigenvalue weighted by molar-refractivity contribution is -0.116. The Labute approximate surface area is 168 Å². The lowest BCUT2D eigenvalue weighted by Gasteiger charge is -2.32. The van der Waals surface area contributed by atoms with E-state index in [0.717, 1.165) is 45.6 Å². The molecule has 1 N–H and O–H groups in total. The van der Waals surface area contributed by atoms with Crippen molar-refractivity contribution in [2.45, 2.75) is 45.6 Å². The smallest absolute Gasteiger partial charge is 0.338 e. The Morgan fingerprint density at radius 3 is 2.52 bits per heavy atom. The first-order valence-electron chi connectivity index (χ1n) is 9.49. The molecule has 1 fully saturated rings. The van der Waals surface area contributed by atoms with Gasteiger partial charge in [0.25, 0.3) is 0 Å². The van der Waals surface area contributed by atoms with Crippen molar-refractivity contribution in [3.63, 3.8) is 0 Å². The zero-order chi connectivity index (χ0) is 18.8. The maximum Gasteiger partial charge on any atom is 0.338 e. The van der Waals surface area contributed by atoms with Crippen LogP contribution >= 0.6 is 12.4 Å². The summed E-state index contributed by atoms with van der Waals surface area (Å²) in [6.45, 7) is 8.03. The van der Waals surface area contributed by atoms with Crippen LogP contribution in [-0.4, -0.2) is 55.7 Å². The second-order valence-corrected chi connectivity index (χ2v) is 6.65. The first kappa shape index (κ1) is 23.4. The van der Waals surface area contributed by atoms with Gasteiger partial charge < -0.3 is 14.8 Å². The Morgan fingerprint density at radius 1 is 1.22 bits per heavy atom. The first-order chi connectivity index (χ1) is 12.6. The fourth-order valence-electron chi connectivity index (χ4n) is 2.85. The molecule has 0 bridgehead atoms. The van der Waals surface area contributed by atoms with Gasteiger partial charge in [-0.2, -0.15) is 0 Å². The van der Waals surface area contributed by atoms with E-state index in [4.69, 9.17) is 9.47 Å². The van der Waals surface area contributed by atoms with Gasteiger partial charge in [-0.25, -0.2) is 4.79 Å². The number of amides is 1. The molecule has 0 spiro atoms. The number of nitrogens with one attached hydrogen (secondary N) is 1. The van der Waals surface area contributed by atoms with Gasteiger partial charge >= 0.3 is 5.97 Å². The highest BCUT2D eigenvalue weighted by molar-refractivity contribution is 5.93. The number of hydrogen-bond acceptors (Lipinski definition) is 5. The summed E-state index contributed by atoms with van der Waals surface area (Å²) < 4.78 is 10.5. The molecule has 6 nitrogen and oxygen atoms in total. The summed E-state index contributed by atoms with van der Waals surface area (Å²) in [4.78, 5) is 26.4. The van der Waals surface area contributed by atoms with Gasteiger partial charge in [0.05, 0.1) is 25.4 Å². The third kappa shape index (κ3) is 8.28. The van der Waals surface area contributed by atoms with Crippen LogP contribution in [0.25, 0.3) is 0 Å². The summed E-state index contributed by atoms with van der Waals surface area (Å²) in [7, 11) is 0. The minimum Gasteiger partial charge on any atom is -0.462 e. The fraction of sp³-hybridized carbons (Fsp3) is 0.600. The van der Waals surface area contributed by atoms with Crippen molar-refractivity contribution >= 4 is 30.0 Å². The molecule has 152 valence electrons. The lowest BCUT2D eigenvalue weighted by atomic mass is 10.1. The number of anilines is 1. The average Bonchev–Trinajstić information content (AvgIpc) is 2.67. The number of benzene rings is 1. The molecule has 1 aliphatic heterocycles. The van der Waals surface area contributed by atoms with Crippen LogP contribution in [0, 0.1) is 0 Å². The minimum atomic E-state index is -0.323. The van der Waals surface area contributed by atoms with E-state index in [0.29, 0.717) is 30.3 Å². The molecule has 1 saturated heterocycles. The molecule has 1 aromatic carbocycles. The lowest BCUT2D eigenvalue weighted by Crippen LogP contribution is -2.42. The number of esters is 1. The summed E-state index contributed by atoms with van der Waals surface area (Å²) in [6.07, 6.45) is 3.14. The number of nitrogens with zero attached hydrogens (tertiary/aromatic N) is 1. The van der Waals surface area contributed by atoms with Crippen LogP contribution in [0.5, 0.6) is 0 Å². The normalized spacial score (nSPS) is 15.5. The summed E-state index contributed by atoms with van der Waals surface area (Å²) in [5, 5.41) is 2.88. The highest BCUT2D eigenvalue weighted by Crippen LogP contribution is 2.13. The second-order valence-electron chi connectivity index (χ2n) is 6.65. The van der Waals surface area contributed by atoms with E-state index < -0.39 is 0 Å². The molecule has 1 amide bonds. The molecule has 0 aliphatic carbocycles. The number of halogens is 1. The fourth-order valence-corrected chi connectivity index (χ4v) is 2.85. The van der Waals surface area contributed by atoms with Crippen molar-refractivity contribution in [1.82, 2.24) is 4.90 Å². The predicted octanol–water partition coefficient (Wildman–Crippen LogP) is 3.50. The quantitative estimate of drug-likeness (QED) is 0.509. The highest BCUT2D eigenvalue weighted by Gasteiger charge is 2.17. The molecule has 0 radical (unpaired) electrons. The van der Waals surface area contributed by atoms with Crippen molar-refractivity contribution in [3.8, 4) is 0 Å². The second kappa shape index (κ2) is 12.7. The molecule has 1 heterocycles. The van der Waals surface area contributed by atoms with Crippen LogP contribution in [0.3, 0.4) is 0 Å². The third-order valence-corrected chi connectivity index (χ3v) is 4.59. The van der Waals surface area contributed by atoms with Gasteiger partial charge in [-0.15, -0.1) is 12.4 Å². The standard InChI is InChI=1S/C20H30N2O4.ClH/c1-3-4-13-26-20(24)17-6-8-18(9-7-17)21-19(23)10-5-16(2)22-11-14-25-15-12-22;/h6-9,16H,3-5,10-15H2,1-2H3,(H,21,23);1H. The zero-order valence-corrected chi connectivity index (χ0v) is 17.1. The largest absolute Gasteiger partial charge is 0.462 e. The van der Waals surface area contributed by atoms with Crippen LogP contribution in [0.4, 0.5) is 5.69 Å². The molecule has 1 aromatic rings. The Hall–Kier alpha value is -1.63. The maximum absolute atomic E-state index is 12.1. The maximum atomic E-state index is 12.1. The summed E-state index contributed by atoms with van der Waals surface area (Å²) in [6, 6.07) is 7.20. The van der Waals surface area contributed by atoms with E-state index in [-0.39, 0.29) is 24.3 Å². The van der Waals surface area contributed by atoms with Crippen molar-refractivity contribution in [2.75, 3.05) is 38.2 Å². The van der Waals surface area contributed by atoms with E-state index in [2.05, 4.69) is 17.1 Å². The molecule has 0 aromatic heterocycles. The molecule has 1 aliphatic rings. The van der Waals surface area contributed by atoms with E-state index in [1.807, 2.05) is 6.92 Å². The van der Waals surface area contributed by atoms with Gasteiger partial charge in [-0.1, -0.05) is 13.3 Å². The van der Waals surface area contributed by atoms with Crippen LogP contribution in [0.2, 0.25) is 0 Å². The Kier molecular flexibility index (Phi) is 11.0. The Morgan fingerprint density at radius 2 is 1.89 bits per heavy atom. The minimum absolute atomic E-state index is 0. The molecule has 1 atom stereocenters. The number of carbonyl (C=O) groups excluding carboxylic acids is 2. The van der Waals surface area contributed by atoms with Crippen molar-refractivity contribution in [2.24, 2.45) is 0 Å². The molecule has 7 heteroatoms. The van der Waals surface area contributed by atoms with E-state index in [1.165, 1.54) is 0 Å².